The summed E-state index contributed by atoms with van der Waals surface area (Å²) in [5, 5.41) is 0. The smallest absolute Gasteiger partial charge is 1.00 e. The van der Waals surface area contributed by atoms with Gasteiger partial charge >= 0.3 is 37.7 Å². The maximum absolute atomic E-state index is 0. The van der Waals surface area contributed by atoms with Gasteiger partial charge in [0.15, 0.2) is 0 Å². The van der Waals surface area contributed by atoms with E-state index in [1.807, 2.05) is 0 Å². The van der Waals surface area contributed by atoms with Gasteiger partial charge < -0.3 is 34.0 Å². The molecule has 4 heteroatoms. The van der Waals surface area contributed by atoms with Gasteiger partial charge in [-0.15, -0.1) is 0 Å². The first-order valence-electron chi connectivity index (χ1n) is 0. The molecule has 0 saturated heterocycles. The van der Waals surface area contributed by atoms with Crippen LogP contribution in [0.15, 0.2) is 0 Å². The number of rotatable bonds is 0. The van der Waals surface area contributed by atoms with Crippen molar-refractivity contribution in [1.82, 2.24) is 0 Å². The van der Waals surface area contributed by atoms with Crippen molar-refractivity contribution in [3.05, 3.63) is 0 Å². The van der Waals surface area contributed by atoms with Crippen molar-refractivity contribution in [3.8, 4) is 0 Å². The maximum Gasteiger partial charge on any atom is 2.00 e. The molecule has 0 heterocycles. The van der Waals surface area contributed by atoms with Crippen molar-refractivity contribution in [2.45, 2.75) is 0 Å². The first-order valence-corrected chi connectivity index (χ1v) is 0. The molecule has 0 amide bonds. The van der Waals surface area contributed by atoms with Crippen LogP contribution in [0.1, 0.15) is 0 Å². The molecular formula is Br2CaV. The fourth-order valence-corrected chi connectivity index (χ4v) is 0. The van der Waals surface area contributed by atoms with Crippen LogP contribution in [-0.2, 0) is 18.6 Å². The first kappa shape index (κ1) is 29.2. The van der Waals surface area contributed by atoms with E-state index in [2.05, 4.69) is 0 Å². The average Bonchev–Trinajstić information content (AvgIpc) is 0. The Morgan fingerprint density at radius 3 is 0.750 bits per heavy atom. The fourth-order valence-electron chi connectivity index (χ4n) is 0. The van der Waals surface area contributed by atoms with E-state index in [9.17, 15) is 0 Å². The van der Waals surface area contributed by atoms with Gasteiger partial charge in [-0.25, -0.2) is 0 Å². The summed E-state index contributed by atoms with van der Waals surface area (Å²) < 4.78 is 0. The molecule has 0 bridgehead atoms. The zero-order valence-corrected chi connectivity index (χ0v) is 8.69. The Bertz CT molecular complexity index is 6.00. The van der Waals surface area contributed by atoms with Gasteiger partial charge in [-0.05, 0) is 0 Å². The molecule has 0 spiro atoms. The Morgan fingerprint density at radius 2 is 0.750 bits per heavy atom. The Kier molecular flexibility index (Phi) is 124. The second-order valence-corrected chi connectivity index (χ2v) is 0. The average molecular weight is 251 g/mol. The topological polar surface area (TPSA) is 0 Å². The summed E-state index contributed by atoms with van der Waals surface area (Å²) in [6.45, 7) is 0. The third kappa shape index (κ3) is 8.84. The van der Waals surface area contributed by atoms with Gasteiger partial charge in [0.25, 0.3) is 0 Å². The van der Waals surface area contributed by atoms with Gasteiger partial charge in [-0.2, -0.15) is 0 Å². The molecular weight excluding hydrogens is 251 g/mol. The molecule has 0 aromatic heterocycles. The van der Waals surface area contributed by atoms with Gasteiger partial charge in [-0.1, -0.05) is 0 Å². The minimum Gasteiger partial charge on any atom is -1.00 e. The van der Waals surface area contributed by atoms with E-state index >= 15 is 0 Å². The Labute approximate surface area is 88.5 Å². The van der Waals surface area contributed by atoms with Crippen LogP contribution >= 0.6 is 0 Å². The minimum absolute atomic E-state index is 0. The standard InChI is InChI=1S/2BrH.Ca.V/h2*1H;;/q;;+2;/p-2. The SMILES string of the molecule is [Br-].[Br-].[Ca+2].[V]. The van der Waals surface area contributed by atoms with E-state index in [1.54, 1.807) is 0 Å². The zero-order valence-electron chi connectivity index (χ0n) is 1.91. The fraction of sp³-hybridized carbons (Fsp3) is 0. The van der Waals surface area contributed by atoms with Crippen molar-refractivity contribution in [1.29, 1.82) is 0 Å². The second kappa shape index (κ2) is 17.0. The molecule has 0 unspecified atom stereocenters. The number of halogens is 2. The number of hydrogen-bond acceptors (Lipinski definition) is 0. The van der Waals surface area contributed by atoms with Crippen molar-refractivity contribution >= 4 is 37.7 Å². The van der Waals surface area contributed by atoms with Crippen molar-refractivity contribution < 1.29 is 52.5 Å². The van der Waals surface area contributed by atoms with E-state index in [1.165, 1.54) is 0 Å². The summed E-state index contributed by atoms with van der Waals surface area (Å²) >= 11 is 0. The van der Waals surface area contributed by atoms with Crippen LogP contribution in [0.5, 0.6) is 0 Å². The van der Waals surface area contributed by atoms with Crippen LogP contribution in [0.25, 0.3) is 0 Å². The largest absolute Gasteiger partial charge is 2.00 e. The Balaban J connectivity index is 0. The molecule has 0 aliphatic rings. The molecule has 0 N–H and O–H groups in total. The normalized spacial score (nSPS) is 0. The van der Waals surface area contributed by atoms with Gasteiger partial charge in [0, 0.05) is 18.6 Å². The summed E-state index contributed by atoms with van der Waals surface area (Å²) in [5.74, 6) is 0. The van der Waals surface area contributed by atoms with E-state index in [0.29, 0.717) is 0 Å². The monoisotopic (exact) mass is 249 g/mol. The molecule has 21 valence electrons. The third-order valence-electron chi connectivity index (χ3n) is 0. The molecule has 0 atom stereocenters. The van der Waals surface area contributed by atoms with Crippen molar-refractivity contribution in [3.63, 3.8) is 0 Å². The Hall–Kier alpha value is 2.80. The predicted octanol–water partition coefficient (Wildman–Crippen LogP) is -6.38. The molecule has 4 heavy (non-hydrogen) atoms. The summed E-state index contributed by atoms with van der Waals surface area (Å²) in [7, 11) is 0. The van der Waals surface area contributed by atoms with Crippen molar-refractivity contribution in [2.24, 2.45) is 0 Å². The van der Waals surface area contributed by atoms with E-state index in [0.717, 1.165) is 0 Å². The molecule has 0 nitrogen and oxygen atoms in total. The van der Waals surface area contributed by atoms with E-state index in [-0.39, 0.29) is 90.3 Å². The summed E-state index contributed by atoms with van der Waals surface area (Å²) in [5.41, 5.74) is 0. The van der Waals surface area contributed by atoms with Crippen LogP contribution in [0.4, 0.5) is 0 Å². The predicted molar refractivity (Wildman–Crippen MR) is 5.75 cm³/mol. The van der Waals surface area contributed by atoms with Crippen LogP contribution in [0.3, 0.4) is 0 Å². The molecule has 0 aromatic rings. The molecule has 0 fully saturated rings. The molecule has 0 saturated carbocycles. The second-order valence-electron chi connectivity index (χ2n) is 0. The molecule has 0 rings (SSSR count). The molecule has 1 radical (unpaired) electrons. The third-order valence-corrected chi connectivity index (χ3v) is 0. The molecule has 0 aliphatic heterocycles. The van der Waals surface area contributed by atoms with Crippen LogP contribution in [0.2, 0.25) is 0 Å². The van der Waals surface area contributed by atoms with Gasteiger partial charge in [0.1, 0.15) is 0 Å². The Morgan fingerprint density at radius 1 is 0.750 bits per heavy atom. The van der Waals surface area contributed by atoms with Gasteiger partial charge in [0.05, 0.1) is 0 Å². The van der Waals surface area contributed by atoms with Crippen LogP contribution in [0, 0.1) is 0 Å². The molecule has 0 aromatic carbocycles. The summed E-state index contributed by atoms with van der Waals surface area (Å²) in [4.78, 5) is 0. The van der Waals surface area contributed by atoms with E-state index < -0.39 is 0 Å². The van der Waals surface area contributed by atoms with Crippen molar-refractivity contribution in [2.75, 3.05) is 0 Å². The summed E-state index contributed by atoms with van der Waals surface area (Å²) in [6.07, 6.45) is 0. The number of hydrogen-bond donors (Lipinski definition) is 0. The van der Waals surface area contributed by atoms with Crippen LogP contribution in [-0.4, -0.2) is 37.7 Å². The van der Waals surface area contributed by atoms with Gasteiger partial charge in [-0.3, -0.25) is 0 Å². The van der Waals surface area contributed by atoms with Gasteiger partial charge in [0.2, 0.25) is 0 Å². The quantitative estimate of drug-likeness (QED) is 0.376. The maximum atomic E-state index is 0. The van der Waals surface area contributed by atoms with Crippen LogP contribution < -0.4 is 34.0 Å². The molecule has 0 aliphatic carbocycles. The zero-order chi connectivity index (χ0) is 0. The minimum atomic E-state index is 0. The summed E-state index contributed by atoms with van der Waals surface area (Å²) in [6, 6.07) is 0. The van der Waals surface area contributed by atoms with E-state index in [4.69, 9.17) is 0 Å². The first-order chi connectivity index (χ1) is 0.